The summed E-state index contributed by atoms with van der Waals surface area (Å²) in [5.41, 5.74) is 27.4. The van der Waals surface area contributed by atoms with E-state index in [-0.39, 0.29) is 5.41 Å². The fourth-order valence-corrected chi connectivity index (χ4v) is 19.6. The van der Waals surface area contributed by atoms with E-state index in [1.807, 2.05) is 36.4 Å². The number of hydrogen-bond acceptors (Lipinski definition) is 9. The summed E-state index contributed by atoms with van der Waals surface area (Å²) in [4.78, 5) is 13.7. The molecule has 0 amide bonds. The maximum atomic E-state index is 12.8. The average Bonchev–Trinajstić information content (AvgIpc) is 0.770. The van der Waals surface area contributed by atoms with Gasteiger partial charge in [0.25, 0.3) is 0 Å². The van der Waals surface area contributed by atoms with E-state index in [0.29, 0.717) is 40.0 Å². The van der Waals surface area contributed by atoms with Gasteiger partial charge in [0.05, 0.1) is 31.8 Å². The Morgan fingerprint density at radius 3 is 1.76 bits per heavy atom. The third-order valence-electron chi connectivity index (χ3n) is 26.2. The highest BCUT2D eigenvalue weighted by molar-refractivity contribution is 7.70. The van der Waals surface area contributed by atoms with Crippen LogP contribution in [-0.2, 0) is 53.9 Å². The van der Waals surface area contributed by atoms with Gasteiger partial charge < -0.3 is 34.5 Å². The van der Waals surface area contributed by atoms with E-state index < -0.39 is 7.14 Å². The third-order valence-corrected chi connectivity index (χ3v) is 27.7. The Labute approximate surface area is 670 Å². The van der Waals surface area contributed by atoms with E-state index in [4.69, 9.17) is 9.47 Å². The van der Waals surface area contributed by atoms with Crippen molar-refractivity contribution in [2.45, 2.75) is 235 Å². The van der Waals surface area contributed by atoms with Crippen molar-refractivity contribution in [3.05, 3.63) is 259 Å². The predicted molar refractivity (Wildman–Crippen MR) is 474 cm³/mol. The highest BCUT2D eigenvalue weighted by atomic mass is 31.2. The molecule has 10 heteroatoms. The second-order valence-electron chi connectivity index (χ2n) is 35.9. The van der Waals surface area contributed by atoms with Crippen molar-refractivity contribution in [2.24, 2.45) is 23.2 Å². The van der Waals surface area contributed by atoms with E-state index in [1.54, 1.807) is 56.0 Å². The molecule has 0 atom stereocenters. The largest absolute Gasteiger partial charge is 0.494 e. The first-order valence-corrected chi connectivity index (χ1v) is 45.0. The number of methoxy groups -OCH3 is 2. The smallest absolute Gasteiger partial charge is 0.229 e. The number of piperazine rings is 1. The van der Waals surface area contributed by atoms with Gasteiger partial charge in [0.1, 0.15) is 12.9 Å². The number of nitrogens with zero attached hydrogens (tertiary/aromatic N) is 4. The molecular weight excluding hydrogens is 1380 g/mol. The lowest BCUT2D eigenvalue weighted by atomic mass is 9.56. The minimum Gasteiger partial charge on any atom is -0.494 e. The van der Waals surface area contributed by atoms with Crippen LogP contribution in [0.5, 0.6) is 11.5 Å². The Morgan fingerprint density at radius 2 is 1.15 bits per heavy atom. The third kappa shape index (κ3) is 21.7. The van der Waals surface area contributed by atoms with Crippen molar-refractivity contribution in [1.82, 2.24) is 14.9 Å². The molecule has 0 spiro atoms. The van der Waals surface area contributed by atoms with Crippen molar-refractivity contribution in [3.8, 4) is 11.5 Å². The van der Waals surface area contributed by atoms with Crippen LogP contribution in [0, 0.1) is 37.0 Å². The monoisotopic (exact) mass is 1510 g/mol. The van der Waals surface area contributed by atoms with E-state index in [0.717, 1.165) is 111 Å². The summed E-state index contributed by atoms with van der Waals surface area (Å²) >= 11 is 0. The molecule has 9 aromatic rings. The molecule has 592 valence electrons. The Morgan fingerprint density at radius 1 is 0.568 bits per heavy atom. The molecule has 13 rings (SSSR count). The lowest BCUT2D eigenvalue weighted by molar-refractivity contribution is 0.0511. The number of anilines is 5. The lowest BCUT2D eigenvalue weighted by Gasteiger charge is -2.49. The highest BCUT2D eigenvalue weighted by Gasteiger charge is 2.43. The topological polar surface area (TPSA) is 91.9 Å². The van der Waals surface area contributed by atoms with Gasteiger partial charge in [-0.15, -0.1) is 0 Å². The van der Waals surface area contributed by atoms with Crippen molar-refractivity contribution in [3.63, 3.8) is 0 Å². The normalized spacial score (nSPS) is 20.3. The van der Waals surface area contributed by atoms with E-state index in [9.17, 15) is 4.57 Å². The van der Waals surface area contributed by atoms with Gasteiger partial charge in [-0.25, -0.2) is 4.98 Å². The summed E-state index contributed by atoms with van der Waals surface area (Å²) < 4.78 is 23.9. The number of likely N-dealkylation sites (N-methyl/N-ethyl adjacent to an activating group) is 1. The van der Waals surface area contributed by atoms with Gasteiger partial charge in [-0.3, -0.25) is 0 Å². The standard InChI is InChI=1S/C42H58.C34H44.C25H33N6O3P/c1-9-33-29-38(42(8)24-22-41(7,23-25-42)37-19-14-30(2)15-20-37)21-18-34(33)26-32-17-16-31(3)36(27-32)28-35-12-10-11-13-39(35)40(4,5)6;1-6-26-14-16-29(17-15-26)31-19-18-30(28(7-2)22-31)20-27-13-12-25(5)33(21-27)23-32-10-8-9-11-34(32)24(3)4;1-30-12-14-31(15-13-30)18-10-11-19(21(16-18)33-2)28-25-26-17-22(34-3)24(29-25)27-20-8-6-7-9-23(20)35(4,5)32/h10-13,16-18,21,27,29-30,37H,9,14-15,19-20,22-26,28H2,1-8H3;8-13,18-19,21-22,24,26,29H,6-7,14-17,20,23H2,1-5H3;6-11,16-17H,12-15H2,1-5H3,(H2,26,27,28,29). The second kappa shape index (κ2) is 37.8. The minimum atomic E-state index is -2.50. The van der Waals surface area contributed by atoms with E-state index in [2.05, 4.69) is 255 Å². The molecule has 3 aliphatic carbocycles. The molecule has 8 aromatic carbocycles. The zero-order chi connectivity index (χ0) is 79.2. The van der Waals surface area contributed by atoms with Crippen LogP contribution in [0.1, 0.15) is 260 Å². The van der Waals surface area contributed by atoms with Crippen LogP contribution in [0.15, 0.2) is 170 Å². The number of nitrogens with one attached hydrogen (secondary N) is 2. The zero-order valence-electron chi connectivity index (χ0n) is 71.3. The lowest BCUT2D eigenvalue weighted by Crippen LogP contribution is -2.44. The first-order valence-electron chi connectivity index (χ1n) is 42.4. The van der Waals surface area contributed by atoms with Gasteiger partial charge in [0.2, 0.25) is 5.95 Å². The molecule has 1 saturated heterocycles. The quantitative estimate of drug-likeness (QED) is 0.0608. The van der Waals surface area contributed by atoms with Gasteiger partial charge in [-0.05, 0) is 296 Å². The fraction of sp³-hybridized carbons (Fsp3) is 0.485. The number of benzene rings is 8. The molecule has 3 saturated carbocycles. The second-order valence-corrected chi connectivity index (χ2v) is 39.1. The maximum absolute atomic E-state index is 12.8. The number of aromatic nitrogens is 2. The maximum Gasteiger partial charge on any atom is 0.229 e. The van der Waals surface area contributed by atoms with Gasteiger partial charge in [-0.1, -0.05) is 229 Å². The van der Waals surface area contributed by atoms with Gasteiger partial charge in [0, 0.05) is 43.2 Å². The summed E-state index contributed by atoms with van der Waals surface area (Å²) in [6.45, 7) is 38.3. The van der Waals surface area contributed by atoms with Gasteiger partial charge in [0.15, 0.2) is 11.6 Å². The number of para-hydroxylation sites is 1. The molecule has 0 unspecified atom stereocenters. The van der Waals surface area contributed by atoms with Gasteiger partial charge >= 0.3 is 0 Å². The molecule has 1 aromatic heterocycles. The number of hydrogen-bond donors (Lipinski definition) is 2. The fourth-order valence-electron chi connectivity index (χ4n) is 18.4. The average molecular weight is 1510 g/mol. The van der Waals surface area contributed by atoms with Crippen molar-refractivity contribution in [1.29, 1.82) is 0 Å². The molecule has 4 fully saturated rings. The van der Waals surface area contributed by atoms with Crippen molar-refractivity contribution >= 4 is 41.3 Å². The molecule has 2 N–H and O–H groups in total. The van der Waals surface area contributed by atoms with Crippen molar-refractivity contribution < 1.29 is 14.0 Å². The molecule has 0 radical (unpaired) electrons. The first kappa shape index (κ1) is 84.0. The van der Waals surface area contributed by atoms with Crippen LogP contribution < -0.4 is 30.3 Å². The molecule has 111 heavy (non-hydrogen) atoms. The predicted octanol–water partition coefficient (Wildman–Crippen LogP) is 25.2. The number of rotatable bonds is 23. The molecule has 0 bridgehead atoms. The van der Waals surface area contributed by atoms with E-state index >= 15 is 0 Å². The molecule has 2 heterocycles. The SMILES string of the molecule is CCc1cc(C2(C)CCC(C)(C3CCC(C)CC3)CC2)ccc1Cc1ccc(C)c(Cc2ccccc2C(C)(C)C)c1.CCc1cc(C2CCC(CC)CC2)ccc1Cc1ccc(C)c(Cc2ccccc2C(C)C)c1.COc1cc(N2CCN(C)CC2)ccc1Nc1ncc(OC)c(Nc2ccccc2P(C)(C)=O)n1. The minimum absolute atomic E-state index is 0.155. The molecular formula is C101H135N6O3P. The van der Waals surface area contributed by atoms with Crippen LogP contribution in [-0.4, -0.2) is 75.6 Å². The van der Waals surface area contributed by atoms with Crippen LogP contribution in [0.3, 0.4) is 0 Å². The summed E-state index contributed by atoms with van der Waals surface area (Å²) in [6.07, 6.45) is 26.1. The molecule has 1 aliphatic heterocycles. The molecule has 4 aliphatic rings. The van der Waals surface area contributed by atoms with Crippen LogP contribution in [0.25, 0.3) is 0 Å². The van der Waals surface area contributed by atoms with E-state index in [1.165, 1.54) is 150 Å². The number of ether oxygens (including phenoxy) is 2. The highest BCUT2D eigenvalue weighted by Crippen LogP contribution is 2.54. The summed E-state index contributed by atoms with van der Waals surface area (Å²) in [5.74, 6) is 6.23. The Bertz CT molecular complexity index is 4590. The number of aryl methyl sites for hydroxylation is 4. The first-order chi connectivity index (χ1) is 53.2. The summed E-state index contributed by atoms with van der Waals surface area (Å²) in [5, 5.41) is 7.28. The zero-order valence-corrected chi connectivity index (χ0v) is 72.2. The van der Waals surface area contributed by atoms with Crippen LogP contribution in [0.2, 0.25) is 0 Å². The Balaban J connectivity index is 0.000000166. The Kier molecular flexibility index (Phi) is 28.6. The van der Waals surface area contributed by atoms with Gasteiger partial charge in [-0.2, -0.15) is 4.98 Å². The summed E-state index contributed by atoms with van der Waals surface area (Å²) in [7, 11) is 2.86. The van der Waals surface area contributed by atoms with Crippen LogP contribution >= 0.6 is 7.14 Å². The summed E-state index contributed by atoms with van der Waals surface area (Å²) in [6, 6.07) is 60.9. The molecule has 9 nitrogen and oxygen atoms in total. The van der Waals surface area contributed by atoms with Crippen LogP contribution in [0.4, 0.5) is 28.8 Å². The Hall–Kier alpha value is -7.97. The van der Waals surface area contributed by atoms with Crippen molar-refractivity contribution in [2.75, 3.05) is 76.3 Å².